The molecular formula is C12H16BrNO3. The summed E-state index contributed by atoms with van der Waals surface area (Å²) in [7, 11) is 1.62. The Balaban J connectivity index is 2.29. The lowest BCUT2D eigenvalue weighted by atomic mass is 9.96. The van der Waals surface area contributed by atoms with Gasteiger partial charge in [-0.1, -0.05) is 15.9 Å². The molecule has 17 heavy (non-hydrogen) atoms. The van der Waals surface area contributed by atoms with Crippen LogP contribution in [0.1, 0.15) is 24.8 Å². The van der Waals surface area contributed by atoms with E-state index >= 15 is 0 Å². The Hall–Kier alpha value is -0.780. The van der Waals surface area contributed by atoms with Crippen molar-refractivity contribution >= 4 is 15.9 Å². The summed E-state index contributed by atoms with van der Waals surface area (Å²) >= 11 is 3.41. The molecule has 0 spiro atoms. The molecular weight excluding hydrogens is 286 g/mol. The van der Waals surface area contributed by atoms with E-state index in [0.29, 0.717) is 12.3 Å². The van der Waals surface area contributed by atoms with Gasteiger partial charge in [-0.15, -0.1) is 0 Å². The van der Waals surface area contributed by atoms with Gasteiger partial charge in [0.2, 0.25) is 0 Å². The summed E-state index contributed by atoms with van der Waals surface area (Å²) in [5, 5.41) is 8.84. The maximum Gasteiger partial charge on any atom is 0.166 e. The third-order valence-electron chi connectivity index (χ3n) is 2.92. The largest absolute Gasteiger partial charge is 0.493 e. The maximum atomic E-state index is 8.84. The van der Waals surface area contributed by atoms with Gasteiger partial charge in [0.05, 0.1) is 13.2 Å². The van der Waals surface area contributed by atoms with E-state index in [1.807, 2.05) is 12.1 Å². The van der Waals surface area contributed by atoms with Crippen molar-refractivity contribution in [3.63, 3.8) is 0 Å². The number of nitrogens with one attached hydrogen (secondary N) is 1. The Kier molecular flexibility index (Phi) is 4.25. The molecule has 1 aromatic carbocycles. The first-order valence-corrected chi connectivity index (χ1v) is 6.44. The summed E-state index contributed by atoms with van der Waals surface area (Å²) in [6, 6.07) is 3.79. The minimum absolute atomic E-state index is 0.280. The lowest BCUT2D eigenvalue weighted by molar-refractivity contribution is 0.111. The van der Waals surface area contributed by atoms with E-state index in [2.05, 4.69) is 21.4 Å². The van der Waals surface area contributed by atoms with Gasteiger partial charge in [0.15, 0.2) is 11.5 Å². The van der Waals surface area contributed by atoms with Gasteiger partial charge in [-0.05, 0) is 31.4 Å². The molecule has 5 heteroatoms. The van der Waals surface area contributed by atoms with Crippen LogP contribution in [0.3, 0.4) is 0 Å². The first-order valence-electron chi connectivity index (χ1n) is 5.64. The topological polar surface area (TPSA) is 50.7 Å². The predicted molar refractivity (Wildman–Crippen MR) is 67.6 cm³/mol. The Morgan fingerprint density at radius 3 is 2.76 bits per heavy atom. The van der Waals surface area contributed by atoms with Crippen LogP contribution in [0, 0.1) is 0 Å². The maximum absolute atomic E-state index is 8.84. The Labute approximate surface area is 109 Å². The van der Waals surface area contributed by atoms with Crippen molar-refractivity contribution in [2.45, 2.75) is 31.9 Å². The van der Waals surface area contributed by atoms with E-state index in [1.54, 1.807) is 7.11 Å². The van der Waals surface area contributed by atoms with Crippen LogP contribution in [-0.2, 0) is 6.54 Å². The fourth-order valence-electron chi connectivity index (χ4n) is 1.78. The summed E-state index contributed by atoms with van der Waals surface area (Å²) in [6.45, 7) is 0.331. The molecule has 0 bridgehead atoms. The van der Waals surface area contributed by atoms with Crippen molar-refractivity contribution < 1.29 is 14.7 Å². The number of hydrogen-bond donors (Lipinski definition) is 2. The second kappa shape index (κ2) is 5.71. The highest BCUT2D eigenvalue weighted by molar-refractivity contribution is 9.10. The molecule has 2 rings (SSSR count). The molecule has 0 atom stereocenters. The number of hydroxylamine groups is 1. The van der Waals surface area contributed by atoms with Crippen LogP contribution in [0.4, 0.5) is 0 Å². The molecule has 4 nitrogen and oxygen atoms in total. The van der Waals surface area contributed by atoms with Gasteiger partial charge in [0, 0.05) is 16.6 Å². The molecule has 0 aromatic heterocycles. The van der Waals surface area contributed by atoms with E-state index < -0.39 is 0 Å². The van der Waals surface area contributed by atoms with Crippen LogP contribution in [0.5, 0.6) is 11.5 Å². The van der Waals surface area contributed by atoms with Crippen molar-refractivity contribution in [1.29, 1.82) is 0 Å². The fraction of sp³-hybridized carbons (Fsp3) is 0.500. The summed E-state index contributed by atoms with van der Waals surface area (Å²) in [5.74, 6) is 1.42. The van der Waals surface area contributed by atoms with Crippen molar-refractivity contribution in [2.75, 3.05) is 7.11 Å². The summed E-state index contributed by atoms with van der Waals surface area (Å²) in [5.41, 5.74) is 3.04. The van der Waals surface area contributed by atoms with Gasteiger partial charge in [0.1, 0.15) is 0 Å². The van der Waals surface area contributed by atoms with Crippen LogP contribution in [-0.4, -0.2) is 18.4 Å². The predicted octanol–water partition coefficient (Wildman–Crippen LogP) is 2.87. The van der Waals surface area contributed by atoms with E-state index in [1.165, 1.54) is 6.42 Å². The third kappa shape index (κ3) is 2.91. The minimum Gasteiger partial charge on any atom is -0.493 e. The summed E-state index contributed by atoms with van der Waals surface area (Å²) < 4.78 is 12.1. The van der Waals surface area contributed by atoms with Crippen molar-refractivity contribution in [2.24, 2.45) is 0 Å². The van der Waals surface area contributed by atoms with Crippen LogP contribution in [0.2, 0.25) is 0 Å². The first kappa shape index (κ1) is 12.7. The quantitative estimate of drug-likeness (QED) is 0.821. The Morgan fingerprint density at radius 2 is 2.24 bits per heavy atom. The number of ether oxygens (including phenoxy) is 2. The van der Waals surface area contributed by atoms with Crippen molar-refractivity contribution in [3.8, 4) is 11.5 Å². The standard InChI is InChI=1S/C12H16BrNO3/c1-16-11-6-9(13)5-8(7-14-15)12(11)17-10-3-2-4-10/h5-6,10,14-15H,2-4,7H2,1H3. The molecule has 1 aliphatic carbocycles. The zero-order valence-corrected chi connectivity index (χ0v) is 11.3. The molecule has 0 saturated heterocycles. The van der Waals surface area contributed by atoms with Gasteiger partial charge in [-0.2, -0.15) is 0 Å². The SMILES string of the molecule is COc1cc(Br)cc(CNO)c1OC1CCC1. The second-order valence-corrected chi connectivity index (χ2v) is 5.02. The van der Waals surface area contributed by atoms with Gasteiger partial charge < -0.3 is 14.7 Å². The van der Waals surface area contributed by atoms with Crippen LogP contribution >= 0.6 is 15.9 Å². The first-order chi connectivity index (χ1) is 8.24. The number of methoxy groups -OCH3 is 1. The molecule has 0 heterocycles. The summed E-state index contributed by atoms with van der Waals surface area (Å²) in [6.07, 6.45) is 3.68. The van der Waals surface area contributed by atoms with Crippen molar-refractivity contribution in [3.05, 3.63) is 22.2 Å². The number of rotatable bonds is 5. The third-order valence-corrected chi connectivity index (χ3v) is 3.38. The van der Waals surface area contributed by atoms with E-state index in [0.717, 1.165) is 28.6 Å². The van der Waals surface area contributed by atoms with Crippen molar-refractivity contribution in [1.82, 2.24) is 5.48 Å². The lowest BCUT2D eigenvalue weighted by Crippen LogP contribution is -2.25. The zero-order valence-electron chi connectivity index (χ0n) is 9.70. The Morgan fingerprint density at radius 1 is 1.47 bits per heavy atom. The van der Waals surface area contributed by atoms with Crippen LogP contribution in [0.25, 0.3) is 0 Å². The molecule has 0 radical (unpaired) electrons. The fourth-order valence-corrected chi connectivity index (χ4v) is 2.26. The normalized spacial score (nSPS) is 15.5. The van der Waals surface area contributed by atoms with E-state index in [9.17, 15) is 0 Å². The number of hydrogen-bond acceptors (Lipinski definition) is 4. The molecule has 1 aliphatic rings. The molecule has 0 amide bonds. The number of benzene rings is 1. The highest BCUT2D eigenvalue weighted by Gasteiger charge is 2.22. The smallest absolute Gasteiger partial charge is 0.166 e. The van der Waals surface area contributed by atoms with E-state index in [-0.39, 0.29) is 6.10 Å². The summed E-state index contributed by atoms with van der Waals surface area (Å²) in [4.78, 5) is 0. The molecule has 1 aromatic rings. The second-order valence-electron chi connectivity index (χ2n) is 4.10. The van der Waals surface area contributed by atoms with Gasteiger partial charge >= 0.3 is 0 Å². The zero-order chi connectivity index (χ0) is 12.3. The van der Waals surface area contributed by atoms with E-state index in [4.69, 9.17) is 14.7 Å². The molecule has 2 N–H and O–H groups in total. The Bertz CT molecular complexity index is 394. The highest BCUT2D eigenvalue weighted by atomic mass is 79.9. The molecule has 1 fully saturated rings. The van der Waals surface area contributed by atoms with Gasteiger partial charge in [-0.25, -0.2) is 5.48 Å². The molecule has 0 aliphatic heterocycles. The average Bonchev–Trinajstić information content (AvgIpc) is 2.25. The molecule has 94 valence electrons. The van der Waals surface area contributed by atoms with Crippen LogP contribution in [0.15, 0.2) is 16.6 Å². The van der Waals surface area contributed by atoms with Gasteiger partial charge in [-0.3, -0.25) is 0 Å². The molecule has 1 saturated carbocycles. The molecule has 0 unspecified atom stereocenters. The monoisotopic (exact) mass is 301 g/mol. The average molecular weight is 302 g/mol. The van der Waals surface area contributed by atoms with Gasteiger partial charge in [0.25, 0.3) is 0 Å². The highest BCUT2D eigenvalue weighted by Crippen LogP contribution is 2.37. The minimum atomic E-state index is 0.280. The van der Waals surface area contributed by atoms with Crippen LogP contribution < -0.4 is 15.0 Å². The number of halogens is 1. The lowest BCUT2D eigenvalue weighted by Gasteiger charge is -2.28.